The zero-order chi connectivity index (χ0) is 14.0. The van der Waals surface area contributed by atoms with Crippen molar-refractivity contribution < 1.29 is 4.79 Å². The van der Waals surface area contributed by atoms with Gasteiger partial charge >= 0.3 is 0 Å². The van der Waals surface area contributed by atoms with Gasteiger partial charge in [-0.3, -0.25) is 4.79 Å². The summed E-state index contributed by atoms with van der Waals surface area (Å²) in [7, 11) is 0. The molecule has 0 unspecified atom stereocenters. The molecule has 0 aliphatic rings. The average molecular weight is 322 g/mol. The summed E-state index contributed by atoms with van der Waals surface area (Å²) in [4.78, 5) is 11.2. The second-order valence-corrected chi connectivity index (χ2v) is 5.13. The number of carbonyl (C=O) groups excluding carboxylic acids is 1. The van der Waals surface area contributed by atoms with Crippen molar-refractivity contribution in [3.63, 3.8) is 0 Å². The lowest BCUT2D eigenvalue weighted by molar-refractivity contribution is 0.1000. The van der Waals surface area contributed by atoms with E-state index in [2.05, 4.69) is 40.9 Å². The van der Waals surface area contributed by atoms with Gasteiger partial charge in [0.15, 0.2) is 0 Å². The Bertz CT molecular complexity index is 619. The van der Waals surface area contributed by atoms with Crippen LogP contribution in [0.3, 0.4) is 0 Å². The van der Waals surface area contributed by atoms with E-state index in [1.165, 1.54) is 0 Å². The summed E-state index contributed by atoms with van der Waals surface area (Å²) in [5, 5.41) is 4.58. The summed E-state index contributed by atoms with van der Waals surface area (Å²) in [5.41, 5.74) is 8.87. The molecule has 0 bridgehead atoms. The van der Waals surface area contributed by atoms with Crippen molar-refractivity contribution in [3.05, 3.63) is 45.7 Å². The fourth-order valence-electron chi connectivity index (χ4n) is 1.94. The number of aromatic nitrogens is 2. The molecule has 1 aromatic heterocycles. The first-order valence-corrected chi connectivity index (χ1v) is 7.03. The molecule has 0 spiro atoms. The summed E-state index contributed by atoms with van der Waals surface area (Å²) in [6.45, 7) is 4.18. The number of amides is 1. The van der Waals surface area contributed by atoms with E-state index in [1.54, 1.807) is 12.1 Å². The minimum Gasteiger partial charge on any atom is -0.366 e. The molecule has 2 rings (SSSR count). The molecule has 2 aromatic rings. The molecule has 0 saturated carbocycles. The molecule has 2 N–H and O–H groups in total. The Morgan fingerprint density at radius 1 is 1.32 bits per heavy atom. The second-order valence-electron chi connectivity index (χ2n) is 4.28. The first-order valence-electron chi connectivity index (χ1n) is 6.24. The minimum atomic E-state index is -0.433. The second kappa shape index (κ2) is 5.57. The Hall–Kier alpha value is -1.62. The van der Waals surface area contributed by atoms with Crippen molar-refractivity contribution in [2.75, 3.05) is 0 Å². The zero-order valence-electron chi connectivity index (χ0n) is 11.0. The standard InChI is InChI=1S/C14H16BrN3O/c1-3-10-8-11(4-2)18(17-10)13-6-5-9(14(16)19)7-12(13)15/h5-8H,3-4H2,1-2H3,(H2,16,19). The number of hydrogen-bond donors (Lipinski definition) is 1. The predicted molar refractivity (Wildman–Crippen MR) is 78.5 cm³/mol. The van der Waals surface area contributed by atoms with Crippen molar-refractivity contribution >= 4 is 21.8 Å². The third-order valence-electron chi connectivity index (χ3n) is 3.02. The van der Waals surface area contributed by atoms with E-state index in [4.69, 9.17) is 5.73 Å². The number of benzene rings is 1. The van der Waals surface area contributed by atoms with Crippen LogP contribution < -0.4 is 5.73 Å². The van der Waals surface area contributed by atoms with Crippen LogP contribution in [0.5, 0.6) is 0 Å². The Morgan fingerprint density at radius 3 is 2.58 bits per heavy atom. The highest BCUT2D eigenvalue weighted by Crippen LogP contribution is 2.24. The Morgan fingerprint density at radius 2 is 2.05 bits per heavy atom. The molecule has 0 radical (unpaired) electrons. The maximum atomic E-state index is 11.2. The van der Waals surface area contributed by atoms with Gasteiger partial charge in [-0.1, -0.05) is 13.8 Å². The van der Waals surface area contributed by atoms with E-state index in [9.17, 15) is 4.79 Å². The Balaban J connectivity index is 2.52. The molecule has 0 fully saturated rings. The lowest BCUT2D eigenvalue weighted by Gasteiger charge is -2.09. The van der Waals surface area contributed by atoms with Gasteiger partial charge in [-0.25, -0.2) is 4.68 Å². The van der Waals surface area contributed by atoms with Crippen molar-refractivity contribution in [1.29, 1.82) is 0 Å². The fourth-order valence-corrected chi connectivity index (χ4v) is 2.49. The van der Waals surface area contributed by atoms with E-state index in [0.717, 1.165) is 34.4 Å². The van der Waals surface area contributed by atoms with E-state index in [0.29, 0.717) is 5.56 Å². The molecule has 19 heavy (non-hydrogen) atoms. The SMILES string of the molecule is CCc1cc(CC)n(-c2ccc(C(N)=O)cc2Br)n1. The number of primary amides is 1. The minimum absolute atomic E-state index is 0.433. The van der Waals surface area contributed by atoms with Crippen LogP contribution in [0.15, 0.2) is 28.7 Å². The third kappa shape index (κ3) is 2.71. The van der Waals surface area contributed by atoms with Crippen molar-refractivity contribution in [3.8, 4) is 5.69 Å². The van der Waals surface area contributed by atoms with Crippen LogP contribution in [0.4, 0.5) is 0 Å². The molecule has 1 amide bonds. The van der Waals surface area contributed by atoms with Gasteiger partial charge in [0.1, 0.15) is 0 Å². The van der Waals surface area contributed by atoms with Gasteiger partial charge in [-0.15, -0.1) is 0 Å². The van der Waals surface area contributed by atoms with Gasteiger partial charge < -0.3 is 5.73 Å². The maximum Gasteiger partial charge on any atom is 0.248 e. The maximum absolute atomic E-state index is 11.2. The van der Waals surface area contributed by atoms with E-state index >= 15 is 0 Å². The quantitative estimate of drug-likeness (QED) is 0.941. The van der Waals surface area contributed by atoms with Crippen LogP contribution in [0.25, 0.3) is 5.69 Å². The van der Waals surface area contributed by atoms with Gasteiger partial charge in [0.2, 0.25) is 5.91 Å². The molecule has 0 aliphatic heterocycles. The molecule has 0 aliphatic carbocycles. The topological polar surface area (TPSA) is 60.9 Å². The number of carbonyl (C=O) groups is 1. The Kier molecular flexibility index (Phi) is 4.04. The van der Waals surface area contributed by atoms with Gasteiger partial charge in [-0.05, 0) is 53.0 Å². The number of halogens is 1. The zero-order valence-corrected chi connectivity index (χ0v) is 12.6. The molecule has 1 heterocycles. The summed E-state index contributed by atoms with van der Waals surface area (Å²) in [6.07, 6.45) is 1.80. The lowest BCUT2D eigenvalue weighted by atomic mass is 10.2. The molecular weight excluding hydrogens is 306 g/mol. The van der Waals surface area contributed by atoms with E-state index in [1.807, 2.05) is 10.7 Å². The van der Waals surface area contributed by atoms with Crippen LogP contribution in [0.2, 0.25) is 0 Å². The van der Waals surface area contributed by atoms with E-state index < -0.39 is 5.91 Å². The van der Waals surface area contributed by atoms with Crippen LogP contribution in [-0.4, -0.2) is 15.7 Å². The van der Waals surface area contributed by atoms with Gasteiger partial charge in [-0.2, -0.15) is 5.10 Å². The third-order valence-corrected chi connectivity index (χ3v) is 3.65. The summed E-state index contributed by atoms with van der Waals surface area (Å²) < 4.78 is 2.72. The molecular formula is C14H16BrN3O. The van der Waals surface area contributed by atoms with Gasteiger partial charge in [0.25, 0.3) is 0 Å². The highest BCUT2D eigenvalue weighted by molar-refractivity contribution is 9.10. The lowest BCUT2D eigenvalue weighted by Crippen LogP contribution is -2.11. The molecule has 100 valence electrons. The van der Waals surface area contributed by atoms with Crippen LogP contribution in [0.1, 0.15) is 35.6 Å². The van der Waals surface area contributed by atoms with Crippen LogP contribution in [-0.2, 0) is 12.8 Å². The van der Waals surface area contributed by atoms with Crippen molar-refractivity contribution in [1.82, 2.24) is 9.78 Å². The van der Waals surface area contributed by atoms with Gasteiger partial charge in [0, 0.05) is 15.7 Å². The monoisotopic (exact) mass is 321 g/mol. The molecule has 0 atom stereocenters. The Labute approximate surface area is 120 Å². The summed E-state index contributed by atoms with van der Waals surface area (Å²) in [5.74, 6) is -0.433. The van der Waals surface area contributed by atoms with Crippen molar-refractivity contribution in [2.45, 2.75) is 26.7 Å². The largest absolute Gasteiger partial charge is 0.366 e. The molecule has 0 saturated heterocycles. The number of aryl methyl sites for hydroxylation is 2. The highest BCUT2D eigenvalue weighted by atomic mass is 79.9. The smallest absolute Gasteiger partial charge is 0.248 e. The highest BCUT2D eigenvalue weighted by Gasteiger charge is 2.11. The van der Waals surface area contributed by atoms with Gasteiger partial charge in [0.05, 0.1) is 11.4 Å². The molecule has 1 aromatic carbocycles. The number of nitrogens with two attached hydrogens (primary N) is 1. The number of hydrogen-bond acceptors (Lipinski definition) is 2. The first kappa shape index (κ1) is 13.8. The number of nitrogens with zero attached hydrogens (tertiary/aromatic N) is 2. The average Bonchev–Trinajstić information content (AvgIpc) is 2.81. The van der Waals surface area contributed by atoms with Crippen LogP contribution >= 0.6 is 15.9 Å². The predicted octanol–water partition coefficient (Wildman–Crippen LogP) is 2.86. The van der Waals surface area contributed by atoms with E-state index in [-0.39, 0.29) is 0 Å². The fraction of sp³-hybridized carbons (Fsp3) is 0.286. The summed E-state index contributed by atoms with van der Waals surface area (Å²) in [6, 6.07) is 7.41. The van der Waals surface area contributed by atoms with Crippen LogP contribution in [0, 0.1) is 0 Å². The number of rotatable bonds is 4. The first-order chi connectivity index (χ1) is 9.06. The normalized spacial score (nSPS) is 10.7. The van der Waals surface area contributed by atoms with Crippen molar-refractivity contribution in [2.24, 2.45) is 5.73 Å². The summed E-state index contributed by atoms with van der Waals surface area (Å²) >= 11 is 3.48. The molecule has 4 nitrogen and oxygen atoms in total. The molecule has 5 heteroatoms.